The lowest BCUT2D eigenvalue weighted by Gasteiger charge is -2.13. The topological polar surface area (TPSA) is 123 Å². The van der Waals surface area contributed by atoms with E-state index in [4.69, 9.17) is 0 Å². The van der Waals surface area contributed by atoms with Crippen LogP contribution >= 0.6 is 11.8 Å². The average Bonchev–Trinajstić information content (AvgIpc) is 3.36. The van der Waals surface area contributed by atoms with Crippen LogP contribution in [0.1, 0.15) is 23.6 Å². The van der Waals surface area contributed by atoms with Crippen LogP contribution < -0.4 is 15.8 Å². The summed E-state index contributed by atoms with van der Waals surface area (Å²) in [7, 11) is 0. The molecule has 2 heterocycles. The molecule has 38 heavy (non-hydrogen) atoms. The Morgan fingerprint density at radius 2 is 1.79 bits per heavy atom. The number of carbonyl (C=O) groups is 3. The fourth-order valence-electron chi connectivity index (χ4n) is 4.01. The Bertz CT molecular complexity index is 1610. The summed E-state index contributed by atoms with van der Waals surface area (Å²) < 4.78 is 0. The van der Waals surface area contributed by atoms with Gasteiger partial charge in [-0.15, -0.1) is 0 Å². The van der Waals surface area contributed by atoms with Crippen LogP contribution in [0.15, 0.2) is 75.8 Å². The smallest absolute Gasteiger partial charge is 0.301 e. The molecule has 0 radical (unpaired) electrons. The number of aryl methyl sites for hydroxylation is 2. The van der Waals surface area contributed by atoms with E-state index < -0.39 is 11.1 Å². The molecule has 190 valence electrons. The van der Waals surface area contributed by atoms with Crippen LogP contribution in [-0.2, 0) is 9.59 Å². The quantitative estimate of drug-likeness (QED) is 0.239. The number of nitrogens with one attached hydrogen (secondary N) is 2. The van der Waals surface area contributed by atoms with Crippen LogP contribution in [0.4, 0.5) is 16.2 Å². The molecule has 1 fully saturated rings. The number of aromatic hydroxyl groups is 1. The van der Waals surface area contributed by atoms with Gasteiger partial charge < -0.3 is 5.11 Å². The van der Waals surface area contributed by atoms with E-state index >= 15 is 0 Å². The molecule has 0 unspecified atom stereocenters. The molecule has 0 bridgehead atoms. The number of nitrogens with zero attached hydrogens (tertiary/aromatic N) is 3. The number of anilines is 2. The molecule has 0 aromatic heterocycles. The highest BCUT2D eigenvalue weighted by Gasteiger charge is 2.31. The van der Waals surface area contributed by atoms with Gasteiger partial charge in [0.05, 0.1) is 22.0 Å². The molecular weight excluding hydrogens is 502 g/mol. The van der Waals surface area contributed by atoms with E-state index in [0.29, 0.717) is 38.7 Å². The summed E-state index contributed by atoms with van der Waals surface area (Å²) in [6.45, 7) is 5.67. The fourth-order valence-corrected chi connectivity index (χ4v) is 4.69. The Kier molecular flexibility index (Phi) is 6.56. The first-order valence-electron chi connectivity index (χ1n) is 11.7. The number of thioether (sulfide) groups is 1. The van der Waals surface area contributed by atoms with E-state index in [9.17, 15) is 19.5 Å². The molecule has 0 aliphatic carbocycles. The third-order valence-electron chi connectivity index (χ3n) is 6.18. The highest BCUT2D eigenvalue weighted by atomic mass is 32.2. The van der Waals surface area contributed by atoms with Crippen LogP contribution in [0.2, 0.25) is 0 Å². The van der Waals surface area contributed by atoms with Crippen molar-refractivity contribution in [3.63, 3.8) is 0 Å². The van der Waals surface area contributed by atoms with E-state index in [0.717, 1.165) is 22.9 Å². The zero-order valence-corrected chi connectivity index (χ0v) is 21.6. The third kappa shape index (κ3) is 4.81. The number of rotatable bonds is 5. The fraction of sp³-hybridized carbons (Fsp3) is 0.107. The van der Waals surface area contributed by atoms with Gasteiger partial charge in [-0.2, -0.15) is 15.2 Å². The summed E-state index contributed by atoms with van der Waals surface area (Å²) in [4.78, 5) is 36.7. The summed E-state index contributed by atoms with van der Waals surface area (Å²) in [6.07, 6.45) is 1.62. The van der Waals surface area contributed by atoms with Gasteiger partial charge >= 0.3 is 5.91 Å². The highest BCUT2D eigenvalue weighted by molar-refractivity contribution is 8.18. The largest absolute Gasteiger partial charge is 0.505 e. The van der Waals surface area contributed by atoms with Gasteiger partial charge in [-0.25, -0.2) is 0 Å². The zero-order chi connectivity index (χ0) is 27.0. The predicted molar refractivity (Wildman–Crippen MR) is 150 cm³/mol. The van der Waals surface area contributed by atoms with Crippen molar-refractivity contribution in [2.24, 2.45) is 10.2 Å². The second-order valence-electron chi connectivity index (χ2n) is 8.82. The van der Waals surface area contributed by atoms with Crippen molar-refractivity contribution in [1.29, 1.82) is 0 Å². The van der Waals surface area contributed by atoms with Gasteiger partial charge in [-0.05, 0) is 85.1 Å². The van der Waals surface area contributed by atoms with Crippen molar-refractivity contribution in [1.82, 2.24) is 5.32 Å². The summed E-state index contributed by atoms with van der Waals surface area (Å²) in [6, 6.07) is 18.0. The Morgan fingerprint density at radius 1 is 1.00 bits per heavy atom. The molecule has 3 N–H and O–H groups in total. The third-order valence-corrected chi connectivity index (χ3v) is 6.99. The number of hydrogen-bond donors (Lipinski definition) is 3. The van der Waals surface area contributed by atoms with Crippen LogP contribution in [0.25, 0.3) is 17.2 Å². The lowest BCUT2D eigenvalue weighted by atomic mass is 10.0. The molecule has 0 spiro atoms. The first kappa shape index (κ1) is 25.0. The molecule has 10 heteroatoms. The lowest BCUT2D eigenvalue weighted by molar-refractivity contribution is -0.115. The standard InChI is InChI=1S/C28H23N5O4S/c1-15-10-11-20(12-16(15)2)33-27(36)24(17(3)32-33)31-30-22-9-5-8-21(25(22)34)19-7-4-6-18(13-19)14-23-26(35)29-28(37)38-23/h4-14,30,34H,1-3H3,(H,29,35,37)/b23-14+,31-24-. The minimum atomic E-state index is -0.435. The van der Waals surface area contributed by atoms with Crippen molar-refractivity contribution >= 4 is 57.7 Å². The monoisotopic (exact) mass is 525 g/mol. The highest BCUT2D eigenvalue weighted by Crippen LogP contribution is 2.36. The van der Waals surface area contributed by atoms with Crippen molar-refractivity contribution < 1.29 is 19.5 Å². The molecule has 2 aliphatic rings. The molecule has 0 atom stereocenters. The molecule has 0 saturated carbocycles. The minimum absolute atomic E-state index is 0.0594. The molecule has 5 rings (SSSR count). The maximum absolute atomic E-state index is 13.1. The molecule has 3 aromatic carbocycles. The Balaban J connectivity index is 1.39. The number of hydrogen-bond acceptors (Lipinski definition) is 8. The summed E-state index contributed by atoms with van der Waals surface area (Å²) in [5.74, 6) is -0.868. The van der Waals surface area contributed by atoms with E-state index in [1.807, 2.05) is 38.1 Å². The summed E-state index contributed by atoms with van der Waals surface area (Å²) in [5, 5.41) is 22.8. The predicted octanol–water partition coefficient (Wildman–Crippen LogP) is 5.19. The van der Waals surface area contributed by atoms with Gasteiger partial charge in [-0.1, -0.05) is 36.4 Å². The SMILES string of the molecule is CC1=NN(c2ccc(C)c(C)c2)C(=O)/C1=N\Nc1cccc(-c2cccc(/C=C3/SC(=O)NC3=O)c2)c1O. The van der Waals surface area contributed by atoms with Crippen molar-refractivity contribution in [2.75, 3.05) is 10.4 Å². The number of imide groups is 1. The van der Waals surface area contributed by atoms with Crippen LogP contribution in [0.5, 0.6) is 5.75 Å². The number of phenols is 1. The molecule has 1 saturated heterocycles. The van der Waals surface area contributed by atoms with E-state index in [1.54, 1.807) is 49.4 Å². The van der Waals surface area contributed by atoms with Crippen molar-refractivity contribution in [3.8, 4) is 16.9 Å². The maximum Gasteiger partial charge on any atom is 0.301 e. The molecule has 9 nitrogen and oxygen atoms in total. The molecule has 3 aromatic rings. The number of amides is 3. The van der Waals surface area contributed by atoms with Gasteiger partial charge in [0, 0.05) is 5.56 Å². The van der Waals surface area contributed by atoms with Gasteiger partial charge in [0.2, 0.25) is 0 Å². The number of hydrazone groups is 2. The zero-order valence-electron chi connectivity index (χ0n) is 20.8. The van der Waals surface area contributed by atoms with E-state index in [2.05, 4.69) is 20.9 Å². The van der Waals surface area contributed by atoms with E-state index in [-0.39, 0.29) is 17.4 Å². The normalized spacial score (nSPS) is 17.4. The van der Waals surface area contributed by atoms with Gasteiger partial charge in [0.1, 0.15) is 5.75 Å². The molecule has 2 aliphatic heterocycles. The second kappa shape index (κ2) is 9.98. The Hall–Kier alpha value is -4.70. The second-order valence-corrected chi connectivity index (χ2v) is 9.84. The molecular formula is C28H23N5O4S. The van der Waals surface area contributed by atoms with Crippen LogP contribution in [-0.4, -0.2) is 33.6 Å². The van der Waals surface area contributed by atoms with E-state index in [1.165, 1.54) is 5.01 Å². The van der Waals surface area contributed by atoms with Crippen molar-refractivity contribution in [2.45, 2.75) is 20.8 Å². The van der Waals surface area contributed by atoms with Gasteiger partial charge in [0.25, 0.3) is 11.1 Å². The Labute approximate surface area is 222 Å². The number of benzene rings is 3. The Morgan fingerprint density at radius 3 is 2.53 bits per heavy atom. The van der Waals surface area contributed by atoms with Crippen LogP contribution in [0, 0.1) is 13.8 Å². The summed E-state index contributed by atoms with van der Waals surface area (Å²) >= 11 is 0.841. The number of para-hydroxylation sites is 1. The number of carbonyl (C=O) groups excluding carboxylic acids is 3. The summed E-state index contributed by atoms with van der Waals surface area (Å²) in [5.41, 5.74) is 8.44. The van der Waals surface area contributed by atoms with Crippen LogP contribution in [0.3, 0.4) is 0 Å². The number of phenolic OH excluding ortho intramolecular Hbond substituents is 1. The first-order chi connectivity index (χ1) is 18.2. The minimum Gasteiger partial charge on any atom is -0.505 e. The molecule has 3 amide bonds. The lowest BCUT2D eigenvalue weighted by Crippen LogP contribution is -2.28. The maximum atomic E-state index is 13.1. The first-order valence-corrected chi connectivity index (χ1v) is 12.5. The van der Waals surface area contributed by atoms with Crippen molar-refractivity contribution in [3.05, 3.63) is 82.3 Å². The average molecular weight is 526 g/mol. The van der Waals surface area contributed by atoms with Gasteiger partial charge in [-0.3, -0.25) is 25.1 Å². The van der Waals surface area contributed by atoms with Gasteiger partial charge in [0.15, 0.2) is 5.71 Å².